The molecule has 0 saturated carbocycles. The van der Waals surface area contributed by atoms with Crippen molar-refractivity contribution in [3.63, 3.8) is 0 Å². The van der Waals surface area contributed by atoms with E-state index in [0.29, 0.717) is 32.8 Å². The molecule has 0 aromatic carbocycles. The van der Waals surface area contributed by atoms with Crippen molar-refractivity contribution >= 4 is 5.91 Å². The summed E-state index contributed by atoms with van der Waals surface area (Å²) >= 11 is 0. The van der Waals surface area contributed by atoms with Gasteiger partial charge in [0.2, 0.25) is 5.91 Å². The van der Waals surface area contributed by atoms with Crippen LogP contribution in [0.5, 0.6) is 0 Å². The van der Waals surface area contributed by atoms with Crippen molar-refractivity contribution in [2.24, 2.45) is 0 Å². The molecule has 0 rings (SSSR count). The molecule has 1 amide bonds. The second-order valence-corrected chi connectivity index (χ2v) is 2.93. The van der Waals surface area contributed by atoms with E-state index < -0.39 is 0 Å². The highest BCUT2D eigenvalue weighted by molar-refractivity contribution is 5.75. The molecule has 0 saturated heterocycles. The van der Waals surface area contributed by atoms with Crippen LogP contribution in [0.4, 0.5) is 0 Å². The summed E-state index contributed by atoms with van der Waals surface area (Å²) in [4.78, 5) is 11.0. The molecule has 0 bridgehead atoms. The number of carbonyl (C=O) groups excluding carboxylic acids is 1. The van der Waals surface area contributed by atoms with E-state index in [4.69, 9.17) is 9.47 Å². The van der Waals surface area contributed by atoms with Crippen molar-refractivity contribution in [3.05, 3.63) is 0 Å². The van der Waals surface area contributed by atoms with E-state index in [1.807, 2.05) is 6.92 Å². The number of hydrogen-bond acceptors (Lipinski definition) is 3. The lowest BCUT2D eigenvalue weighted by molar-refractivity contribution is -0.122. The van der Waals surface area contributed by atoms with Crippen molar-refractivity contribution in [1.82, 2.24) is 5.32 Å². The van der Waals surface area contributed by atoms with Crippen molar-refractivity contribution < 1.29 is 14.3 Å². The predicted molar refractivity (Wildman–Crippen MR) is 55.2 cm³/mol. The Morgan fingerprint density at radius 3 is 2.29 bits per heavy atom. The molecule has 0 radical (unpaired) electrons. The molecule has 14 heavy (non-hydrogen) atoms. The van der Waals surface area contributed by atoms with Crippen molar-refractivity contribution in [1.29, 1.82) is 0 Å². The second-order valence-electron chi connectivity index (χ2n) is 2.93. The molecule has 0 atom stereocenters. The number of ether oxygens (including phenoxy) is 2. The molecule has 0 spiro atoms. The standard InChI is InChI=1S/C10H21NO3/c1-3-6-13-8-9-14-7-5-10(12)11-4-2/h3-9H2,1-2H3,(H,11,12). The van der Waals surface area contributed by atoms with Crippen molar-refractivity contribution in [2.45, 2.75) is 26.7 Å². The third kappa shape index (κ3) is 9.48. The summed E-state index contributed by atoms with van der Waals surface area (Å²) in [6.07, 6.45) is 1.46. The fraction of sp³-hybridized carbons (Fsp3) is 0.900. The van der Waals surface area contributed by atoms with E-state index in [-0.39, 0.29) is 5.91 Å². The Bertz CT molecular complexity index is 139. The van der Waals surface area contributed by atoms with Crippen LogP contribution >= 0.6 is 0 Å². The van der Waals surface area contributed by atoms with Crippen LogP contribution in [-0.4, -0.2) is 38.9 Å². The Balaban J connectivity index is 3.01. The lowest BCUT2D eigenvalue weighted by atomic mass is 10.4. The van der Waals surface area contributed by atoms with E-state index in [1.54, 1.807) is 0 Å². The van der Waals surface area contributed by atoms with Crippen molar-refractivity contribution in [2.75, 3.05) is 33.0 Å². The van der Waals surface area contributed by atoms with Crippen LogP contribution in [-0.2, 0) is 14.3 Å². The smallest absolute Gasteiger partial charge is 0.222 e. The molecular formula is C10H21NO3. The number of nitrogens with one attached hydrogen (secondary N) is 1. The zero-order valence-corrected chi connectivity index (χ0v) is 9.17. The van der Waals surface area contributed by atoms with E-state index >= 15 is 0 Å². The quantitative estimate of drug-likeness (QED) is 0.568. The van der Waals surface area contributed by atoms with Crippen LogP contribution < -0.4 is 5.32 Å². The fourth-order valence-electron chi connectivity index (χ4n) is 0.917. The number of rotatable bonds is 9. The van der Waals surface area contributed by atoms with Crippen LogP contribution in [0.2, 0.25) is 0 Å². The van der Waals surface area contributed by atoms with Crippen LogP contribution in [0.3, 0.4) is 0 Å². The maximum atomic E-state index is 11.0. The number of amides is 1. The molecule has 84 valence electrons. The topological polar surface area (TPSA) is 47.6 Å². The molecule has 4 nitrogen and oxygen atoms in total. The molecule has 0 aliphatic carbocycles. The minimum absolute atomic E-state index is 0.0435. The summed E-state index contributed by atoms with van der Waals surface area (Å²) in [7, 11) is 0. The van der Waals surface area contributed by atoms with Gasteiger partial charge in [0.15, 0.2) is 0 Å². The molecule has 0 aliphatic heterocycles. The van der Waals surface area contributed by atoms with E-state index in [0.717, 1.165) is 13.0 Å². The van der Waals surface area contributed by atoms with Crippen LogP contribution in [0.1, 0.15) is 26.7 Å². The Hall–Kier alpha value is -0.610. The summed E-state index contributed by atoms with van der Waals surface area (Å²) in [6, 6.07) is 0. The summed E-state index contributed by atoms with van der Waals surface area (Å²) < 4.78 is 10.4. The SMILES string of the molecule is CCCOCCOCCC(=O)NCC. The van der Waals surface area contributed by atoms with Crippen LogP contribution in [0.25, 0.3) is 0 Å². The predicted octanol–water partition coefficient (Wildman–Crippen LogP) is 0.956. The monoisotopic (exact) mass is 203 g/mol. The highest BCUT2D eigenvalue weighted by Gasteiger charge is 1.97. The fourth-order valence-corrected chi connectivity index (χ4v) is 0.917. The van der Waals surface area contributed by atoms with Gasteiger partial charge in [-0.25, -0.2) is 0 Å². The van der Waals surface area contributed by atoms with Gasteiger partial charge in [0.05, 0.1) is 19.8 Å². The maximum Gasteiger partial charge on any atom is 0.222 e. The van der Waals surface area contributed by atoms with Gasteiger partial charge < -0.3 is 14.8 Å². The van der Waals surface area contributed by atoms with Gasteiger partial charge in [-0.3, -0.25) is 4.79 Å². The Labute approximate surface area is 86.0 Å². The van der Waals surface area contributed by atoms with Gasteiger partial charge in [0.25, 0.3) is 0 Å². The highest BCUT2D eigenvalue weighted by Crippen LogP contribution is 1.85. The van der Waals surface area contributed by atoms with Crippen LogP contribution in [0.15, 0.2) is 0 Å². The first-order valence-electron chi connectivity index (χ1n) is 5.23. The zero-order chi connectivity index (χ0) is 10.6. The maximum absolute atomic E-state index is 11.0. The molecule has 0 aromatic rings. The molecule has 4 heteroatoms. The molecule has 0 fully saturated rings. The minimum atomic E-state index is 0.0435. The number of hydrogen-bond donors (Lipinski definition) is 1. The van der Waals surface area contributed by atoms with Crippen LogP contribution in [0, 0.1) is 0 Å². The Morgan fingerprint density at radius 1 is 1.07 bits per heavy atom. The molecule has 0 aliphatic rings. The molecule has 0 heterocycles. The third-order valence-corrected chi connectivity index (χ3v) is 1.57. The van der Waals surface area contributed by atoms with E-state index in [9.17, 15) is 4.79 Å². The third-order valence-electron chi connectivity index (χ3n) is 1.57. The average Bonchev–Trinajstić information content (AvgIpc) is 2.17. The normalized spacial score (nSPS) is 10.1. The highest BCUT2D eigenvalue weighted by atomic mass is 16.5. The molecule has 0 aromatic heterocycles. The second kappa shape index (κ2) is 10.5. The Kier molecular flexibility index (Phi) is 10.0. The van der Waals surface area contributed by atoms with E-state index in [2.05, 4.69) is 12.2 Å². The zero-order valence-electron chi connectivity index (χ0n) is 9.17. The van der Waals surface area contributed by atoms with Gasteiger partial charge in [-0.1, -0.05) is 6.92 Å². The minimum Gasteiger partial charge on any atom is -0.379 e. The lowest BCUT2D eigenvalue weighted by Crippen LogP contribution is -2.24. The largest absolute Gasteiger partial charge is 0.379 e. The summed E-state index contributed by atoms with van der Waals surface area (Å²) in [5, 5.41) is 2.71. The number of carbonyl (C=O) groups is 1. The summed E-state index contributed by atoms with van der Waals surface area (Å²) in [5.41, 5.74) is 0. The molecular weight excluding hydrogens is 182 g/mol. The summed E-state index contributed by atoms with van der Waals surface area (Å²) in [6.45, 7) is 7.08. The van der Waals surface area contributed by atoms with Gasteiger partial charge in [-0.15, -0.1) is 0 Å². The van der Waals surface area contributed by atoms with Gasteiger partial charge in [0.1, 0.15) is 0 Å². The first-order valence-corrected chi connectivity index (χ1v) is 5.23. The van der Waals surface area contributed by atoms with Gasteiger partial charge in [-0.2, -0.15) is 0 Å². The van der Waals surface area contributed by atoms with E-state index in [1.165, 1.54) is 0 Å². The first kappa shape index (κ1) is 13.4. The lowest BCUT2D eigenvalue weighted by Gasteiger charge is -2.04. The van der Waals surface area contributed by atoms with Gasteiger partial charge in [-0.05, 0) is 13.3 Å². The average molecular weight is 203 g/mol. The first-order chi connectivity index (χ1) is 6.81. The molecule has 1 N–H and O–H groups in total. The Morgan fingerprint density at radius 2 is 1.71 bits per heavy atom. The van der Waals surface area contributed by atoms with Gasteiger partial charge in [0, 0.05) is 19.6 Å². The van der Waals surface area contributed by atoms with Crippen molar-refractivity contribution in [3.8, 4) is 0 Å². The summed E-state index contributed by atoms with van der Waals surface area (Å²) in [5.74, 6) is 0.0435. The molecule has 0 unspecified atom stereocenters. The van der Waals surface area contributed by atoms with Gasteiger partial charge >= 0.3 is 0 Å².